The molecule has 0 saturated carbocycles. The minimum absolute atomic E-state index is 0.0910. The van der Waals surface area contributed by atoms with Crippen LogP contribution in [0.5, 0.6) is 0 Å². The van der Waals surface area contributed by atoms with Crippen molar-refractivity contribution in [3.63, 3.8) is 0 Å². The van der Waals surface area contributed by atoms with Crippen molar-refractivity contribution in [2.24, 2.45) is 0 Å². The van der Waals surface area contributed by atoms with Gasteiger partial charge in [0.05, 0.1) is 6.10 Å². The Hall–Kier alpha value is -1.72. The SMILES string of the molecule is O=C(O)c1ccc(SCC(O)c2ccccc2)o1. The average Bonchev–Trinajstić information content (AvgIpc) is 2.86. The van der Waals surface area contributed by atoms with Crippen LogP contribution in [-0.4, -0.2) is 21.9 Å². The number of carbonyl (C=O) groups is 1. The van der Waals surface area contributed by atoms with Crippen LogP contribution < -0.4 is 0 Å². The first-order valence-corrected chi connectivity index (χ1v) is 6.34. The number of aliphatic hydroxyl groups excluding tert-OH is 1. The Morgan fingerprint density at radius 1 is 1.22 bits per heavy atom. The molecule has 1 heterocycles. The van der Waals surface area contributed by atoms with Gasteiger partial charge < -0.3 is 14.6 Å². The molecular formula is C13H12O4S. The smallest absolute Gasteiger partial charge is 0.371 e. The summed E-state index contributed by atoms with van der Waals surface area (Å²) in [5.41, 5.74) is 0.829. The molecule has 4 nitrogen and oxygen atoms in total. The van der Waals surface area contributed by atoms with E-state index in [-0.39, 0.29) is 5.76 Å². The molecule has 1 aromatic heterocycles. The van der Waals surface area contributed by atoms with Crippen molar-refractivity contribution in [3.8, 4) is 0 Å². The van der Waals surface area contributed by atoms with Crippen LogP contribution >= 0.6 is 11.8 Å². The lowest BCUT2D eigenvalue weighted by Gasteiger charge is -2.08. The summed E-state index contributed by atoms with van der Waals surface area (Å²) in [6.07, 6.45) is -0.602. The van der Waals surface area contributed by atoms with Crippen LogP contribution in [0, 0.1) is 0 Å². The molecule has 2 aromatic rings. The summed E-state index contributed by atoms with van der Waals surface area (Å²) in [7, 11) is 0. The summed E-state index contributed by atoms with van der Waals surface area (Å²) in [6.45, 7) is 0. The molecule has 5 heteroatoms. The molecule has 1 unspecified atom stereocenters. The van der Waals surface area contributed by atoms with Gasteiger partial charge in [0.15, 0.2) is 5.09 Å². The van der Waals surface area contributed by atoms with E-state index in [4.69, 9.17) is 9.52 Å². The number of carboxylic acid groups (broad SMARTS) is 1. The number of hydrogen-bond acceptors (Lipinski definition) is 4. The minimum atomic E-state index is -1.09. The van der Waals surface area contributed by atoms with Gasteiger partial charge >= 0.3 is 5.97 Å². The fourth-order valence-electron chi connectivity index (χ4n) is 1.45. The monoisotopic (exact) mass is 264 g/mol. The molecule has 0 spiro atoms. The third-order valence-corrected chi connectivity index (χ3v) is 3.35. The topological polar surface area (TPSA) is 70.7 Å². The Labute approximate surface area is 108 Å². The van der Waals surface area contributed by atoms with Crippen LogP contribution in [0.2, 0.25) is 0 Å². The number of benzene rings is 1. The zero-order chi connectivity index (χ0) is 13.0. The normalized spacial score (nSPS) is 12.3. The number of furan rings is 1. The Balaban J connectivity index is 1.93. The molecule has 2 rings (SSSR count). The van der Waals surface area contributed by atoms with Gasteiger partial charge in [-0.1, -0.05) is 42.1 Å². The maximum absolute atomic E-state index is 10.6. The highest BCUT2D eigenvalue weighted by Gasteiger charge is 2.12. The van der Waals surface area contributed by atoms with E-state index >= 15 is 0 Å². The number of hydrogen-bond donors (Lipinski definition) is 2. The molecule has 18 heavy (non-hydrogen) atoms. The van der Waals surface area contributed by atoms with Gasteiger partial charge in [-0.2, -0.15) is 0 Å². The summed E-state index contributed by atoms with van der Waals surface area (Å²) in [5.74, 6) is -0.770. The summed E-state index contributed by atoms with van der Waals surface area (Å²) in [4.78, 5) is 10.6. The largest absolute Gasteiger partial charge is 0.475 e. The van der Waals surface area contributed by atoms with Gasteiger partial charge in [-0.15, -0.1) is 0 Å². The van der Waals surface area contributed by atoms with Crippen molar-refractivity contribution < 1.29 is 19.4 Å². The van der Waals surface area contributed by atoms with Gasteiger partial charge in [0.25, 0.3) is 0 Å². The van der Waals surface area contributed by atoms with E-state index < -0.39 is 12.1 Å². The first kappa shape index (κ1) is 12.7. The Morgan fingerprint density at radius 3 is 2.56 bits per heavy atom. The van der Waals surface area contributed by atoms with E-state index in [1.54, 1.807) is 6.07 Å². The van der Waals surface area contributed by atoms with Crippen LogP contribution in [0.4, 0.5) is 0 Å². The highest BCUT2D eigenvalue weighted by atomic mass is 32.2. The quantitative estimate of drug-likeness (QED) is 0.812. The molecule has 0 aliphatic heterocycles. The minimum Gasteiger partial charge on any atom is -0.475 e. The van der Waals surface area contributed by atoms with Crippen molar-refractivity contribution in [1.29, 1.82) is 0 Å². The Morgan fingerprint density at radius 2 is 1.94 bits per heavy atom. The van der Waals surface area contributed by atoms with E-state index in [0.29, 0.717) is 10.8 Å². The molecule has 2 N–H and O–H groups in total. The number of rotatable bonds is 5. The number of aromatic carboxylic acids is 1. The third-order valence-electron chi connectivity index (χ3n) is 2.36. The second kappa shape index (κ2) is 5.75. The van der Waals surface area contributed by atoms with Gasteiger partial charge in [0.1, 0.15) is 0 Å². The van der Waals surface area contributed by atoms with E-state index in [0.717, 1.165) is 5.56 Å². The number of thioether (sulfide) groups is 1. The van der Waals surface area contributed by atoms with Crippen LogP contribution in [0.15, 0.2) is 52.0 Å². The highest BCUT2D eigenvalue weighted by molar-refractivity contribution is 7.99. The molecule has 94 valence electrons. The maximum atomic E-state index is 10.6. The first-order valence-electron chi connectivity index (χ1n) is 5.36. The first-order chi connectivity index (χ1) is 8.66. The van der Waals surface area contributed by atoms with Gasteiger partial charge in [0.2, 0.25) is 5.76 Å². The summed E-state index contributed by atoms with van der Waals surface area (Å²) in [6, 6.07) is 12.3. The molecule has 1 aromatic carbocycles. The van der Waals surface area contributed by atoms with Gasteiger partial charge in [-0.05, 0) is 17.7 Å². The second-order valence-corrected chi connectivity index (χ2v) is 4.69. The van der Waals surface area contributed by atoms with E-state index in [9.17, 15) is 9.90 Å². The van der Waals surface area contributed by atoms with Gasteiger partial charge in [0, 0.05) is 5.75 Å². The fraction of sp³-hybridized carbons (Fsp3) is 0.154. The Bertz CT molecular complexity index is 521. The summed E-state index contributed by atoms with van der Waals surface area (Å²) < 4.78 is 5.08. The molecule has 0 aliphatic rings. The predicted molar refractivity (Wildman–Crippen MR) is 67.8 cm³/mol. The lowest BCUT2D eigenvalue weighted by Crippen LogP contribution is -1.99. The molecule has 1 atom stereocenters. The average molecular weight is 264 g/mol. The molecule has 0 amide bonds. The molecule has 0 aliphatic carbocycles. The zero-order valence-electron chi connectivity index (χ0n) is 9.45. The van der Waals surface area contributed by atoms with Crippen LogP contribution in [-0.2, 0) is 0 Å². The third kappa shape index (κ3) is 3.15. The molecule has 0 fully saturated rings. The van der Waals surface area contributed by atoms with Gasteiger partial charge in [-0.25, -0.2) is 4.79 Å². The van der Waals surface area contributed by atoms with E-state index in [1.807, 2.05) is 30.3 Å². The van der Waals surface area contributed by atoms with Crippen molar-refractivity contribution in [2.75, 3.05) is 5.75 Å². The van der Waals surface area contributed by atoms with Crippen LogP contribution in [0.3, 0.4) is 0 Å². The Kier molecular flexibility index (Phi) is 4.07. The highest BCUT2D eigenvalue weighted by Crippen LogP contribution is 2.26. The zero-order valence-corrected chi connectivity index (χ0v) is 10.3. The van der Waals surface area contributed by atoms with E-state index in [1.165, 1.54) is 17.8 Å². The van der Waals surface area contributed by atoms with Crippen molar-refractivity contribution in [2.45, 2.75) is 11.2 Å². The lowest BCUT2D eigenvalue weighted by molar-refractivity contribution is 0.0656. The molecule has 0 saturated heterocycles. The molecule has 0 bridgehead atoms. The summed E-state index contributed by atoms with van der Waals surface area (Å²) in [5, 5.41) is 19.1. The number of aliphatic hydroxyl groups is 1. The standard InChI is InChI=1S/C13H12O4S/c14-10(9-4-2-1-3-5-9)8-18-12-7-6-11(17-12)13(15)16/h1-7,10,14H,8H2,(H,15,16). The van der Waals surface area contributed by atoms with Crippen LogP contribution in [0.1, 0.15) is 22.2 Å². The van der Waals surface area contributed by atoms with E-state index in [2.05, 4.69) is 0 Å². The second-order valence-electron chi connectivity index (χ2n) is 3.66. The predicted octanol–water partition coefficient (Wildman–Crippen LogP) is 2.80. The fourth-order valence-corrected chi connectivity index (χ4v) is 2.27. The number of carboxylic acids is 1. The van der Waals surface area contributed by atoms with Crippen LogP contribution in [0.25, 0.3) is 0 Å². The van der Waals surface area contributed by atoms with Crippen molar-refractivity contribution in [3.05, 3.63) is 53.8 Å². The van der Waals surface area contributed by atoms with Crippen molar-refractivity contribution in [1.82, 2.24) is 0 Å². The maximum Gasteiger partial charge on any atom is 0.371 e. The lowest BCUT2D eigenvalue weighted by atomic mass is 10.1. The molecular weight excluding hydrogens is 252 g/mol. The molecule has 0 radical (unpaired) electrons. The van der Waals surface area contributed by atoms with Crippen molar-refractivity contribution >= 4 is 17.7 Å². The van der Waals surface area contributed by atoms with Gasteiger partial charge in [-0.3, -0.25) is 0 Å². The summed E-state index contributed by atoms with van der Waals surface area (Å²) >= 11 is 1.28.